The van der Waals surface area contributed by atoms with Crippen molar-refractivity contribution in [2.75, 3.05) is 25.0 Å². The van der Waals surface area contributed by atoms with Crippen LogP contribution in [0.25, 0.3) is 0 Å². The van der Waals surface area contributed by atoms with E-state index < -0.39 is 6.04 Å². The highest BCUT2D eigenvalue weighted by atomic mass is 16.2. The SMILES string of the molecule is CC[C@H](C)[C@H]1C(=O)Nc2ccccc2CN1C(=O)N1CCNC(=O)C1. The van der Waals surface area contributed by atoms with Crippen molar-refractivity contribution in [2.45, 2.75) is 32.9 Å². The van der Waals surface area contributed by atoms with Crippen LogP contribution in [0.15, 0.2) is 24.3 Å². The number of piperazine rings is 1. The van der Waals surface area contributed by atoms with Gasteiger partial charge in [-0.25, -0.2) is 4.79 Å². The number of urea groups is 1. The fraction of sp³-hybridized carbons (Fsp3) is 0.500. The van der Waals surface area contributed by atoms with E-state index in [0.717, 1.165) is 17.7 Å². The molecule has 2 atom stereocenters. The standard InChI is InChI=1S/C18H24N4O3/c1-3-12(2)16-17(24)20-14-7-5-4-6-13(14)10-22(16)18(25)21-9-8-19-15(23)11-21/h4-7,12,16H,3,8-11H2,1-2H3,(H,19,23)(H,20,24)/t12-,16-/m0/s1. The second-order valence-corrected chi connectivity index (χ2v) is 6.66. The molecular weight excluding hydrogens is 320 g/mol. The van der Waals surface area contributed by atoms with Crippen LogP contribution in [-0.4, -0.2) is 53.3 Å². The highest BCUT2D eigenvalue weighted by Crippen LogP contribution is 2.28. The first-order valence-corrected chi connectivity index (χ1v) is 8.72. The van der Waals surface area contributed by atoms with Gasteiger partial charge in [0.25, 0.3) is 0 Å². The van der Waals surface area contributed by atoms with Crippen LogP contribution in [0.1, 0.15) is 25.8 Å². The third-order valence-electron chi connectivity index (χ3n) is 4.96. The van der Waals surface area contributed by atoms with Crippen LogP contribution in [0.2, 0.25) is 0 Å². The van der Waals surface area contributed by atoms with Gasteiger partial charge in [0.1, 0.15) is 12.6 Å². The van der Waals surface area contributed by atoms with Crippen molar-refractivity contribution < 1.29 is 14.4 Å². The smallest absolute Gasteiger partial charge is 0.321 e. The molecule has 3 rings (SSSR count). The second kappa shape index (κ2) is 7.13. The molecule has 0 spiro atoms. The Balaban J connectivity index is 1.94. The topological polar surface area (TPSA) is 81.8 Å². The molecule has 2 heterocycles. The van der Waals surface area contributed by atoms with E-state index in [9.17, 15) is 14.4 Å². The number of fused-ring (bicyclic) bond motifs is 1. The number of nitrogens with one attached hydrogen (secondary N) is 2. The number of hydrogen-bond acceptors (Lipinski definition) is 3. The van der Waals surface area contributed by atoms with E-state index in [2.05, 4.69) is 10.6 Å². The average Bonchev–Trinajstić information content (AvgIpc) is 2.76. The van der Waals surface area contributed by atoms with Crippen molar-refractivity contribution in [3.63, 3.8) is 0 Å². The summed E-state index contributed by atoms with van der Waals surface area (Å²) in [6.07, 6.45) is 0.776. The lowest BCUT2D eigenvalue weighted by molar-refractivity contribution is -0.123. The Morgan fingerprint density at radius 3 is 2.76 bits per heavy atom. The summed E-state index contributed by atoms with van der Waals surface area (Å²) in [6.45, 7) is 5.26. The molecule has 0 aromatic heterocycles. The fourth-order valence-corrected chi connectivity index (χ4v) is 3.37. The van der Waals surface area contributed by atoms with Crippen LogP contribution >= 0.6 is 0 Å². The Kier molecular flexibility index (Phi) is 4.92. The molecule has 0 radical (unpaired) electrons. The molecule has 2 aliphatic rings. The Morgan fingerprint density at radius 1 is 1.28 bits per heavy atom. The van der Waals surface area contributed by atoms with Crippen molar-refractivity contribution in [2.24, 2.45) is 5.92 Å². The van der Waals surface area contributed by atoms with Crippen molar-refractivity contribution >= 4 is 23.5 Å². The quantitative estimate of drug-likeness (QED) is 0.851. The minimum Gasteiger partial charge on any atom is -0.353 e. The predicted octanol–water partition coefficient (Wildman–Crippen LogP) is 1.41. The van der Waals surface area contributed by atoms with Gasteiger partial charge in [-0.1, -0.05) is 38.5 Å². The van der Waals surface area contributed by atoms with Crippen molar-refractivity contribution in [1.29, 1.82) is 0 Å². The maximum atomic E-state index is 13.1. The summed E-state index contributed by atoms with van der Waals surface area (Å²) in [4.78, 5) is 40.8. The molecule has 7 nitrogen and oxygen atoms in total. The van der Waals surface area contributed by atoms with Gasteiger partial charge in [-0.15, -0.1) is 0 Å². The highest BCUT2D eigenvalue weighted by Gasteiger charge is 2.39. The maximum absolute atomic E-state index is 13.1. The lowest BCUT2D eigenvalue weighted by atomic mass is 9.97. The predicted molar refractivity (Wildman–Crippen MR) is 93.8 cm³/mol. The average molecular weight is 344 g/mol. The third-order valence-corrected chi connectivity index (χ3v) is 4.96. The molecule has 4 amide bonds. The summed E-state index contributed by atoms with van der Waals surface area (Å²) in [5.74, 6) is -0.328. The lowest BCUT2D eigenvalue weighted by Crippen LogP contribution is -2.58. The van der Waals surface area contributed by atoms with E-state index in [1.807, 2.05) is 38.1 Å². The molecular formula is C18H24N4O3. The Bertz CT molecular complexity index is 691. The van der Waals surface area contributed by atoms with Gasteiger partial charge < -0.3 is 20.4 Å². The van der Waals surface area contributed by atoms with E-state index >= 15 is 0 Å². The number of anilines is 1. The first kappa shape index (κ1) is 17.3. The van der Waals surface area contributed by atoms with Crippen molar-refractivity contribution in [3.8, 4) is 0 Å². The highest BCUT2D eigenvalue weighted by molar-refractivity contribution is 5.99. The third kappa shape index (κ3) is 3.45. The van der Waals surface area contributed by atoms with E-state index in [1.165, 1.54) is 4.90 Å². The molecule has 2 aliphatic heterocycles. The maximum Gasteiger partial charge on any atom is 0.321 e. The monoisotopic (exact) mass is 344 g/mol. The largest absolute Gasteiger partial charge is 0.353 e. The number of nitrogens with zero attached hydrogens (tertiary/aromatic N) is 2. The Labute approximate surface area is 147 Å². The summed E-state index contributed by atoms with van der Waals surface area (Å²) < 4.78 is 0. The lowest BCUT2D eigenvalue weighted by Gasteiger charge is -2.37. The zero-order chi connectivity index (χ0) is 18.0. The molecule has 7 heteroatoms. The molecule has 0 unspecified atom stereocenters. The minimum atomic E-state index is -0.560. The fourth-order valence-electron chi connectivity index (χ4n) is 3.37. The molecule has 0 bridgehead atoms. The number of para-hydroxylation sites is 1. The van der Waals surface area contributed by atoms with Gasteiger partial charge in [0.15, 0.2) is 0 Å². The zero-order valence-electron chi connectivity index (χ0n) is 14.6. The van der Waals surface area contributed by atoms with Gasteiger partial charge >= 0.3 is 6.03 Å². The molecule has 1 fully saturated rings. The Hall–Kier alpha value is -2.57. The molecule has 1 aromatic carbocycles. The number of amides is 4. The van der Waals surface area contributed by atoms with Gasteiger partial charge in [-0.05, 0) is 17.5 Å². The summed E-state index contributed by atoms with van der Waals surface area (Å²) in [5.41, 5.74) is 1.64. The molecule has 1 aromatic rings. The van der Waals surface area contributed by atoms with Gasteiger partial charge in [0.05, 0.1) is 6.54 Å². The van der Waals surface area contributed by atoms with Crippen LogP contribution in [-0.2, 0) is 16.1 Å². The normalized spacial score (nSPS) is 21.8. The summed E-state index contributed by atoms with van der Waals surface area (Å²) in [7, 11) is 0. The number of carbonyl (C=O) groups is 3. The summed E-state index contributed by atoms with van der Waals surface area (Å²) in [5, 5.41) is 5.67. The first-order valence-electron chi connectivity index (χ1n) is 8.72. The number of carbonyl (C=O) groups excluding carboxylic acids is 3. The molecule has 0 aliphatic carbocycles. The van der Waals surface area contributed by atoms with Gasteiger partial charge in [-0.3, -0.25) is 9.59 Å². The summed E-state index contributed by atoms with van der Waals surface area (Å²) in [6, 6.07) is 6.71. The van der Waals surface area contributed by atoms with E-state index in [0.29, 0.717) is 19.6 Å². The molecule has 134 valence electrons. The number of hydrogen-bond donors (Lipinski definition) is 2. The van der Waals surface area contributed by atoms with Crippen molar-refractivity contribution in [3.05, 3.63) is 29.8 Å². The van der Waals surface area contributed by atoms with E-state index in [1.54, 1.807) is 4.90 Å². The summed E-state index contributed by atoms with van der Waals surface area (Å²) >= 11 is 0. The molecule has 2 N–H and O–H groups in total. The van der Waals surface area contributed by atoms with Crippen LogP contribution < -0.4 is 10.6 Å². The zero-order valence-corrected chi connectivity index (χ0v) is 14.6. The van der Waals surface area contributed by atoms with E-state index in [-0.39, 0.29) is 30.3 Å². The van der Waals surface area contributed by atoms with Crippen LogP contribution in [0.3, 0.4) is 0 Å². The number of rotatable bonds is 2. The van der Waals surface area contributed by atoms with Crippen LogP contribution in [0.5, 0.6) is 0 Å². The number of benzene rings is 1. The second-order valence-electron chi connectivity index (χ2n) is 6.66. The van der Waals surface area contributed by atoms with Gasteiger partial charge in [0, 0.05) is 18.8 Å². The Morgan fingerprint density at radius 2 is 2.04 bits per heavy atom. The molecule has 0 saturated carbocycles. The van der Waals surface area contributed by atoms with Gasteiger partial charge in [0.2, 0.25) is 11.8 Å². The van der Waals surface area contributed by atoms with Crippen LogP contribution in [0.4, 0.5) is 10.5 Å². The van der Waals surface area contributed by atoms with E-state index in [4.69, 9.17) is 0 Å². The van der Waals surface area contributed by atoms with Gasteiger partial charge in [-0.2, -0.15) is 0 Å². The first-order chi connectivity index (χ1) is 12.0. The van der Waals surface area contributed by atoms with Crippen molar-refractivity contribution in [1.82, 2.24) is 15.1 Å². The van der Waals surface area contributed by atoms with Crippen LogP contribution in [0, 0.1) is 5.92 Å². The minimum absolute atomic E-state index is 0.0110. The molecule has 1 saturated heterocycles. The molecule has 25 heavy (non-hydrogen) atoms.